The van der Waals surface area contributed by atoms with E-state index in [9.17, 15) is 5.11 Å². The van der Waals surface area contributed by atoms with Crippen molar-refractivity contribution < 1.29 is 5.11 Å². The summed E-state index contributed by atoms with van der Waals surface area (Å²) in [6.45, 7) is 3.40. The van der Waals surface area contributed by atoms with Crippen molar-refractivity contribution in [2.75, 3.05) is 19.7 Å². The monoisotopic (exact) mass is 223 g/mol. The fraction of sp³-hybridized carbons (Fsp3) is 0.750. The fourth-order valence-electron chi connectivity index (χ4n) is 2.40. The van der Waals surface area contributed by atoms with E-state index in [2.05, 4.69) is 14.5 Å². The molecule has 0 saturated carbocycles. The van der Waals surface area contributed by atoms with Crippen molar-refractivity contribution in [3.8, 4) is 0 Å². The Balaban J connectivity index is 1.85. The molecule has 1 aliphatic rings. The third-order valence-corrected chi connectivity index (χ3v) is 3.41. The van der Waals surface area contributed by atoms with Crippen LogP contribution in [-0.2, 0) is 6.54 Å². The van der Waals surface area contributed by atoms with Gasteiger partial charge in [-0.2, -0.15) is 0 Å². The summed E-state index contributed by atoms with van der Waals surface area (Å²) in [7, 11) is 0. The van der Waals surface area contributed by atoms with E-state index in [0.717, 1.165) is 26.1 Å². The predicted octanol–water partition coefficient (Wildman–Crippen LogP) is 1.12. The maximum atomic E-state index is 9.38. The van der Waals surface area contributed by atoms with Crippen LogP contribution in [-0.4, -0.2) is 45.3 Å². The van der Waals surface area contributed by atoms with Crippen molar-refractivity contribution >= 4 is 0 Å². The molecule has 0 amide bonds. The molecule has 1 aromatic rings. The Bertz CT molecular complexity index is 286. The Kier molecular flexibility index (Phi) is 4.36. The Morgan fingerprint density at radius 2 is 2.19 bits per heavy atom. The van der Waals surface area contributed by atoms with E-state index in [1.165, 1.54) is 19.3 Å². The topological polar surface area (TPSA) is 41.3 Å². The standard InChI is InChI=1S/C12H21N3O/c16-10-12-4-2-1-3-6-15(12)9-8-14-7-5-13-11-14/h5,7,11-12,16H,1-4,6,8-10H2. The Labute approximate surface area is 96.9 Å². The molecule has 4 nitrogen and oxygen atoms in total. The second-order valence-corrected chi connectivity index (χ2v) is 4.52. The normalized spacial score (nSPS) is 23.2. The summed E-state index contributed by atoms with van der Waals surface area (Å²) in [5, 5.41) is 9.38. The molecule has 1 saturated heterocycles. The Morgan fingerprint density at radius 3 is 2.94 bits per heavy atom. The number of aliphatic hydroxyl groups excluding tert-OH is 1. The Morgan fingerprint density at radius 1 is 1.25 bits per heavy atom. The van der Waals surface area contributed by atoms with Gasteiger partial charge >= 0.3 is 0 Å². The molecular formula is C12H21N3O. The van der Waals surface area contributed by atoms with Crippen LogP contribution < -0.4 is 0 Å². The van der Waals surface area contributed by atoms with Crippen molar-refractivity contribution in [3.05, 3.63) is 18.7 Å². The van der Waals surface area contributed by atoms with E-state index < -0.39 is 0 Å². The molecule has 90 valence electrons. The minimum absolute atomic E-state index is 0.296. The molecule has 1 atom stereocenters. The number of aromatic nitrogens is 2. The lowest BCUT2D eigenvalue weighted by Crippen LogP contribution is -2.39. The minimum atomic E-state index is 0.296. The summed E-state index contributed by atoms with van der Waals surface area (Å²) < 4.78 is 2.10. The first kappa shape index (κ1) is 11.6. The van der Waals surface area contributed by atoms with Crippen LogP contribution in [0.4, 0.5) is 0 Å². The quantitative estimate of drug-likeness (QED) is 0.831. The van der Waals surface area contributed by atoms with Gasteiger partial charge in [-0.15, -0.1) is 0 Å². The predicted molar refractivity (Wildman–Crippen MR) is 63.1 cm³/mol. The smallest absolute Gasteiger partial charge is 0.0946 e. The van der Waals surface area contributed by atoms with Crippen molar-refractivity contribution in [2.45, 2.75) is 38.3 Å². The van der Waals surface area contributed by atoms with Crippen LogP contribution in [0.3, 0.4) is 0 Å². The highest BCUT2D eigenvalue weighted by Crippen LogP contribution is 2.16. The molecule has 1 aromatic heterocycles. The van der Waals surface area contributed by atoms with Gasteiger partial charge in [-0.05, 0) is 19.4 Å². The molecule has 1 N–H and O–H groups in total. The molecule has 0 aromatic carbocycles. The number of hydrogen-bond donors (Lipinski definition) is 1. The lowest BCUT2D eigenvalue weighted by atomic mass is 10.1. The molecule has 16 heavy (non-hydrogen) atoms. The van der Waals surface area contributed by atoms with E-state index in [1.54, 1.807) is 0 Å². The summed E-state index contributed by atoms with van der Waals surface area (Å²) in [6.07, 6.45) is 10.6. The van der Waals surface area contributed by atoms with E-state index in [1.807, 2.05) is 18.7 Å². The average molecular weight is 223 g/mol. The molecule has 1 aliphatic heterocycles. The molecular weight excluding hydrogens is 202 g/mol. The van der Waals surface area contributed by atoms with Gasteiger partial charge in [-0.1, -0.05) is 12.8 Å². The minimum Gasteiger partial charge on any atom is -0.395 e. The number of rotatable bonds is 4. The van der Waals surface area contributed by atoms with Gasteiger partial charge in [0.2, 0.25) is 0 Å². The number of nitrogens with zero attached hydrogens (tertiary/aromatic N) is 3. The number of hydrogen-bond acceptors (Lipinski definition) is 3. The van der Waals surface area contributed by atoms with Gasteiger partial charge < -0.3 is 9.67 Å². The zero-order valence-electron chi connectivity index (χ0n) is 9.76. The van der Waals surface area contributed by atoms with Crippen molar-refractivity contribution in [1.29, 1.82) is 0 Å². The van der Waals surface area contributed by atoms with Crippen LogP contribution in [0.25, 0.3) is 0 Å². The van der Waals surface area contributed by atoms with Crippen molar-refractivity contribution in [2.24, 2.45) is 0 Å². The Hall–Kier alpha value is -0.870. The SMILES string of the molecule is OCC1CCCCCN1CCn1ccnc1. The summed E-state index contributed by atoms with van der Waals surface area (Å²) in [4.78, 5) is 6.46. The van der Waals surface area contributed by atoms with E-state index in [0.29, 0.717) is 12.6 Å². The number of aliphatic hydroxyl groups is 1. The first-order valence-corrected chi connectivity index (χ1v) is 6.21. The third kappa shape index (κ3) is 3.06. The second kappa shape index (κ2) is 6.01. The molecule has 2 heterocycles. The van der Waals surface area contributed by atoms with Gasteiger partial charge in [0.1, 0.15) is 0 Å². The average Bonchev–Trinajstić information content (AvgIpc) is 2.71. The first-order valence-electron chi connectivity index (χ1n) is 6.21. The van der Waals surface area contributed by atoms with E-state index in [-0.39, 0.29) is 0 Å². The molecule has 0 aliphatic carbocycles. The van der Waals surface area contributed by atoms with Gasteiger partial charge in [-0.3, -0.25) is 4.90 Å². The van der Waals surface area contributed by atoms with Gasteiger partial charge in [0.05, 0.1) is 12.9 Å². The molecule has 0 radical (unpaired) electrons. The van der Waals surface area contributed by atoms with E-state index in [4.69, 9.17) is 0 Å². The van der Waals surface area contributed by atoms with Gasteiger partial charge in [0.25, 0.3) is 0 Å². The zero-order chi connectivity index (χ0) is 11.2. The molecule has 1 unspecified atom stereocenters. The molecule has 4 heteroatoms. The van der Waals surface area contributed by atoms with Crippen LogP contribution in [0.2, 0.25) is 0 Å². The van der Waals surface area contributed by atoms with Crippen LogP contribution in [0, 0.1) is 0 Å². The highest BCUT2D eigenvalue weighted by Gasteiger charge is 2.19. The second-order valence-electron chi connectivity index (χ2n) is 4.52. The molecule has 0 bridgehead atoms. The largest absolute Gasteiger partial charge is 0.395 e. The highest BCUT2D eigenvalue weighted by molar-refractivity contribution is 4.78. The number of likely N-dealkylation sites (tertiary alicyclic amines) is 1. The lowest BCUT2D eigenvalue weighted by molar-refractivity contribution is 0.121. The third-order valence-electron chi connectivity index (χ3n) is 3.41. The summed E-state index contributed by atoms with van der Waals surface area (Å²) in [5.41, 5.74) is 0. The van der Waals surface area contributed by atoms with Crippen LogP contribution in [0.5, 0.6) is 0 Å². The van der Waals surface area contributed by atoms with Crippen LogP contribution in [0.15, 0.2) is 18.7 Å². The summed E-state index contributed by atoms with van der Waals surface area (Å²) in [5.74, 6) is 0. The maximum absolute atomic E-state index is 9.38. The van der Waals surface area contributed by atoms with Gasteiger partial charge in [-0.25, -0.2) is 4.98 Å². The fourth-order valence-corrected chi connectivity index (χ4v) is 2.40. The van der Waals surface area contributed by atoms with Crippen molar-refractivity contribution in [3.63, 3.8) is 0 Å². The maximum Gasteiger partial charge on any atom is 0.0946 e. The van der Waals surface area contributed by atoms with Crippen molar-refractivity contribution in [1.82, 2.24) is 14.5 Å². The highest BCUT2D eigenvalue weighted by atomic mass is 16.3. The number of imidazole rings is 1. The molecule has 1 fully saturated rings. The lowest BCUT2D eigenvalue weighted by Gasteiger charge is -2.28. The summed E-state index contributed by atoms with van der Waals surface area (Å²) >= 11 is 0. The zero-order valence-corrected chi connectivity index (χ0v) is 9.76. The van der Waals surface area contributed by atoms with Crippen LogP contribution in [0.1, 0.15) is 25.7 Å². The van der Waals surface area contributed by atoms with Gasteiger partial charge in [0, 0.05) is 31.5 Å². The summed E-state index contributed by atoms with van der Waals surface area (Å²) in [6, 6.07) is 0.367. The van der Waals surface area contributed by atoms with E-state index >= 15 is 0 Å². The first-order chi connectivity index (χ1) is 7.90. The molecule has 2 rings (SSSR count). The van der Waals surface area contributed by atoms with Crippen LogP contribution >= 0.6 is 0 Å². The molecule has 0 spiro atoms. The van der Waals surface area contributed by atoms with Gasteiger partial charge in [0.15, 0.2) is 0 Å².